The summed E-state index contributed by atoms with van der Waals surface area (Å²) in [6.07, 6.45) is 6.40. The molecule has 0 spiro atoms. The van der Waals surface area contributed by atoms with Gasteiger partial charge in [0.15, 0.2) is 0 Å². The topological polar surface area (TPSA) is 66.3 Å². The van der Waals surface area contributed by atoms with Gasteiger partial charge in [0, 0.05) is 61.2 Å². The first kappa shape index (κ1) is 20.9. The van der Waals surface area contributed by atoms with Gasteiger partial charge in [-0.15, -0.1) is 0 Å². The molecular weight excluding hydrogens is 400 g/mol. The Bertz CT molecular complexity index is 1130. The summed E-state index contributed by atoms with van der Waals surface area (Å²) in [5.74, 6) is 0.994. The Morgan fingerprint density at radius 1 is 0.969 bits per heavy atom. The average molecular weight is 433 g/mol. The van der Waals surface area contributed by atoms with Gasteiger partial charge in [-0.25, -0.2) is 4.98 Å². The lowest BCUT2D eigenvalue weighted by atomic mass is 9.85. The number of aromatic nitrogens is 3. The van der Waals surface area contributed by atoms with E-state index in [0.717, 1.165) is 62.2 Å². The minimum atomic E-state index is 0.0254. The number of nitrogens with one attached hydrogen (secondary N) is 1. The van der Waals surface area contributed by atoms with E-state index < -0.39 is 0 Å². The molecule has 1 aliphatic heterocycles. The number of piperazine rings is 1. The van der Waals surface area contributed by atoms with E-state index in [2.05, 4.69) is 58.3 Å². The molecule has 2 aromatic heterocycles. The summed E-state index contributed by atoms with van der Waals surface area (Å²) in [5, 5.41) is 4.23. The molecule has 32 heavy (non-hydrogen) atoms. The monoisotopic (exact) mass is 432 g/mol. The molecule has 1 aliphatic carbocycles. The third kappa shape index (κ3) is 4.21. The highest BCUT2D eigenvalue weighted by molar-refractivity contribution is 5.76. The Balaban J connectivity index is 1.40. The summed E-state index contributed by atoms with van der Waals surface area (Å²) in [6.45, 7) is 6.53. The lowest BCUT2D eigenvalue weighted by Crippen LogP contribution is -2.44. The van der Waals surface area contributed by atoms with Crippen LogP contribution in [0.25, 0.3) is 11.0 Å². The van der Waals surface area contributed by atoms with Gasteiger partial charge in [-0.3, -0.25) is 9.36 Å². The number of likely N-dealkylation sites (N-methyl/N-ethyl adjacent to an activating group) is 1. The van der Waals surface area contributed by atoms with Crippen LogP contribution in [0.1, 0.15) is 38.6 Å². The van der Waals surface area contributed by atoms with Crippen molar-refractivity contribution in [2.75, 3.05) is 43.4 Å². The van der Waals surface area contributed by atoms with Gasteiger partial charge in [-0.1, -0.05) is 19.8 Å². The van der Waals surface area contributed by atoms with Crippen molar-refractivity contribution >= 4 is 28.4 Å². The molecule has 0 radical (unpaired) electrons. The fraction of sp³-hybridized carbons (Fsp3) is 0.480. The van der Waals surface area contributed by atoms with Crippen molar-refractivity contribution in [2.45, 2.75) is 38.6 Å². The first-order valence-corrected chi connectivity index (χ1v) is 11.8. The van der Waals surface area contributed by atoms with E-state index >= 15 is 0 Å². The molecule has 168 valence electrons. The number of benzene rings is 1. The Kier molecular flexibility index (Phi) is 5.83. The molecule has 3 aromatic rings. The van der Waals surface area contributed by atoms with E-state index in [-0.39, 0.29) is 11.6 Å². The van der Waals surface area contributed by atoms with Crippen LogP contribution in [0.2, 0.25) is 0 Å². The average Bonchev–Trinajstić information content (AvgIpc) is 2.81. The molecule has 1 saturated heterocycles. The largest absolute Gasteiger partial charge is 0.369 e. The van der Waals surface area contributed by atoms with Gasteiger partial charge in [-0.05, 0) is 56.1 Å². The number of nitrogens with zero attached hydrogens (tertiary/aromatic N) is 5. The normalized spacial score (nSPS) is 22.2. The summed E-state index contributed by atoms with van der Waals surface area (Å²) >= 11 is 0. The van der Waals surface area contributed by atoms with E-state index in [1.54, 1.807) is 6.07 Å². The predicted octanol–water partition coefficient (Wildman–Crippen LogP) is 4.04. The van der Waals surface area contributed by atoms with Crippen LogP contribution in [0.4, 0.5) is 17.3 Å². The second-order valence-corrected chi connectivity index (χ2v) is 9.31. The third-order valence-corrected chi connectivity index (χ3v) is 7.06. The summed E-state index contributed by atoms with van der Waals surface area (Å²) in [6, 6.07) is 12.1. The lowest BCUT2D eigenvalue weighted by Gasteiger charge is -2.34. The number of hydrogen-bond donors (Lipinski definition) is 1. The Morgan fingerprint density at radius 3 is 2.47 bits per heavy atom. The smallest absolute Gasteiger partial charge is 0.252 e. The van der Waals surface area contributed by atoms with Crippen LogP contribution < -0.4 is 15.8 Å². The highest BCUT2D eigenvalue weighted by Crippen LogP contribution is 2.34. The van der Waals surface area contributed by atoms with Crippen molar-refractivity contribution in [1.29, 1.82) is 0 Å². The van der Waals surface area contributed by atoms with Crippen molar-refractivity contribution in [3.63, 3.8) is 0 Å². The van der Waals surface area contributed by atoms with E-state index in [1.165, 1.54) is 12.1 Å². The molecular formula is C25H32N6O. The molecule has 7 heteroatoms. The summed E-state index contributed by atoms with van der Waals surface area (Å²) in [4.78, 5) is 26.9. The Hall–Kier alpha value is -2.93. The van der Waals surface area contributed by atoms with E-state index in [9.17, 15) is 4.79 Å². The molecule has 7 nitrogen and oxygen atoms in total. The van der Waals surface area contributed by atoms with Crippen LogP contribution in [0.3, 0.4) is 0 Å². The van der Waals surface area contributed by atoms with Crippen LogP contribution in [0.15, 0.2) is 47.4 Å². The van der Waals surface area contributed by atoms with Crippen molar-refractivity contribution in [3.05, 3.63) is 52.9 Å². The number of hydrogen-bond acceptors (Lipinski definition) is 6. The van der Waals surface area contributed by atoms with Gasteiger partial charge in [-0.2, -0.15) is 4.98 Å². The second kappa shape index (κ2) is 8.90. The van der Waals surface area contributed by atoms with Gasteiger partial charge in [0.05, 0.1) is 0 Å². The first-order chi connectivity index (χ1) is 15.6. The molecule has 0 amide bonds. The summed E-state index contributed by atoms with van der Waals surface area (Å²) < 4.78 is 1.91. The van der Waals surface area contributed by atoms with Crippen LogP contribution in [0.5, 0.6) is 0 Å². The number of fused-ring (bicyclic) bond motifs is 1. The molecule has 2 aliphatic rings. The summed E-state index contributed by atoms with van der Waals surface area (Å²) in [7, 11) is 2.17. The molecule has 5 rings (SSSR count). The van der Waals surface area contributed by atoms with Gasteiger partial charge in [0.1, 0.15) is 5.65 Å². The fourth-order valence-electron chi connectivity index (χ4n) is 5.05. The molecule has 2 fully saturated rings. The van der Waals surface area contributed by atoms with Crippen LogP contribution >= 0.6 is 0 Å². The van der Waals surface area contributed by atoms with Gasteiger partial charge in [0.2, 0.25) is 5.95 Å². The Morgan fingerprint density at radius 2 is 1.72 bits per heavy atom. The molecule has 1 aromatic carbocycles. The quantitative estimate of drug-likeness (QED) is 0.671. The van der Waals surface area contributed by atoms with Crippen molar-refractivity contribution < 1.29 is 0 Å². The predicted molar refractivity (Wildman–Crippen MR) is 130 cm³/mol. The van der Waals surface area contributed by atoms with E-state index in [0.29, 0.717) is 11.9 Å². The van der Waals surface area contributed by atoms with Gasteiger partial charge >= 0.3 is 0 Å². The van der Waals surface area contributed by atoms with Crippen molar-refractivity contribution in [2.24, 2.45) is 5.92 Å². The minimum Gasteiger partial charge on any atom is -0.369 e. The lowest BCUT2D eigenvalue weighted by molar-refractivity contribution is 0.257. The van der Waals surface area contributed by atoms with Crippen molar-refractivity contribution in [3.8, 4) is 0 Å². The zero-order valence-electron chi connectivity index (χ0n) is 19.0. The molecule has 1 N–H and O–H groups in total. The number of anilines is 3. The molecule has 2 unspecified atom stereocenters. The van der Waals surface area contributed by atoms with Crippen LogP contribution in [-0.4, -0.2) is 52.7 Å². The van der Waals surface area contributed by atoms with E-state index in [1.807, 2.05) is 16.8 Å². The number of pyridine rings is 1. The van der Waals surface area contributed by atoms with Crippen molar-refractivity contribution in [1.82, 2.24) is 19.4 Å². The van der Waals surface area contributed by atoms with Gasteiger partial charge in [0.25, 0.3) is 5.56 Å². The SMILES string of the molecule is CC1CCCCC1n1c(=O)ccc2cnc(Nc3ccc(N4CCN(C)CC4)cc3)nc21. The minimum absolute atomic E-state index is 0.0254. The highest BCUT2D eigenvalue weighted by atomic mass is 16.1. The van der Waals surface area contributed by atoms with E-state index in [4.69, 9.17) is 4.98 Å². The first-order valence-electron chi connectivity index (χ1n) is 11.8. The molecule has 0 bridgehead atoms. The second-order valence-electron chi connectivity index (χ2n) is 9.31. The zero-order valence-corrected chi connectivity index (χ0v) is 19.0. The zero-order chi connectivity index (χ0) is 22.1. The summed E-state index contributed by atoms with van der Waals surface area (Å²) in [5.41, 5.74) is 2.93. The molecule has 1 saturated carbocycles. The highest BCUT2D eigenvalue weighted by Gasteiger charge is 2.25. The molecule has 2 atom stereocenters. The maximum atomic E-state index is 12.8. The third-order valence-electron chi connectivity index (χ3n) is 7.06. The number of rotatable bonds is 4. The fourth-order valence-corrected chi connectivity index (χ4v) is 5.05. The Labute approximate surface area is 189 Å². The standard InChI is InChI=1S/C25H32N6O/c1-18-5-3-4-6-22(18)31-23(32)12-7-19-17-26-25(28-24(19)31)27-20-8-10-21(11-9-20)30-15-13-29(2)14-16-30/h7-12,17-18,22H,3-6,13-16H2,1-2H3,(H,26,27,28). The maximum absolute atomic E-state index is 12.8. The maximum Gasteiger partial charge on any atom is 0.252 e. The van der Waals surface area contributed by atoms with Gasteiger partial charge < -0.3 is 15.1 Å². The molecule has 3 heterocycles. The van der Waals surface area contributed by atoms with Crippen LogP contribution in [-0.2, 0) is 0 Å². The van der Waals surface area contributed by atoms with Crippen LogP contribution in [0, 0.1) is 5.92 Å².